The molecule has 0 fully saturated rings. The Balaban J connectivity index is 1.76. The van der Waals surface area contributed by atoms with Gasteiger partial charge < -0.3 is 9.88 Å². The van der Waals surface area contributed by atoms with Gasteiger partial charge in [-0.3, -0.25) is 14.9 Å². The smallest absolute Gasteiger partial charge is 0.271 e. The minimum Gasteiger partial charge on any atom is -0.324 e. The Morgan fingerprint density at radius 1 is 1.35 bits per heavy atom. The maximum absolute atomic E-state index is 12.5. The van der Waals surface area contributed by atoms with Crippen molar-refractivity contribution in [1.29, 1.82) is 0 Å². The van der Waals surface area contributed by atoms with E-state index in [9.17, 15) is 14.9 Å². The van der Waals surface area contributed by atoms with Crippen molar-refractivity contribution < 1.29 is 9.72 Å². The highest BCUT2D eigenvalue weighted by atomic mass is 35.5. The summed E-state index contributed by atoms with van der Waals surface area (Å²) in [5.74, 6) is 0.553. The SMILES string of the molecule is CCCn1c(SCC(=O)Nc2cc([N+](=O)[O-])ccc2Cl)nnc1-c1csc(C)c1CC. The van der Waals surface area contributed by atoms with E-state index in [-0.39, 0.29) is 28.1 Å². The number of thioether (sulfide) groups is 1. The van der Waals surface area contributed by atoms with Crippen LogP contribution in [-0.2, 0) is 17.8 Å². The molecule has 0 radical (unpaired) electrons. The molecule has 164 valence electrons. The number of nitrogens with zero attached hydrogens (tertiary/aromatic N) is 4. The highest BCUT2D eigenvalue weighted by molar-refractivity contribution is 7.99. The number of halogens is 1. The van der Waals surface area contributed by atoms with Gasteiger partial charge in [0.05, 0.1) is 21.4 Å². The monoisotopic (exact) mass is 479 g/mol. The molecular formula is C20H22ClN5O3S2. The van der Waals surface area contributed by atoms with Crippen molar-refractivity contribution in [3.63, 3.8) is 0 Å². The van der Waals surface area contributed by atoms with Crippen LogP contribution in [0, 0.1) is 17.0 Å². The third-order valence-electron chi connectivity index (χ3n) is 4.63. The Kier molecular flexibility index (Phi) is 7.69. The average molecular weight is 480 g/mol. The van der Waals surface area contributed by atoms with Gasteiger partial charge in [0.2, 0.25) is 5.91 Å². The van der Waals surface area contributed by atoms with E-state index in [1.54, 1.807) is 11.3 Å². The van der Waals surface area contributed by atoms with E-state index in [0.717, 1.165) is 30.8 Å². The zero-order valence-corrected chi connectivity index (χ0v) is 19.7. The van der Waals surface area contributed by atoms with Crippen LogP contribution in [0.1, 0.15) is 30.7 Å². The molecule has 1 aromatic carbocycles. The lowest BCUT2D eigenvalue weighted by molar-refractivity contribution is -0.384. The molecule has 2 aromatic heterocycles. The molecule has 8 nitrogen and oxygen atoms in total. The predicted octanol–water partition coefficient (Wildman–Crippen LogP) is 5.58. The van der Waals surface area contributed by atoms with E-state index in [0.29, 0.717) is 5.16 Å². The second-order valence-corrected chi connectivity index (χ2v) is 9.19. The fraction of sp³-hybridized carbons (Fsp3) is 0.350. The lowest BCUT2D eigenvalue weighted by Crippen LogP contribution is -2.15. The van der Waals surface area contributed by atoms with E-state index in [2.05, 4.69) is 41.7 Å². The van der Waals surface area contributed by atoms with Crippen molar-refractivity contribution in [2.75, 3.05) is 11.1 Å². The molecule has 0 aliphatic rings. The lowest BCUT2D eigenvalue weighted by Gasteiger charge is -2.10. The minimum absolute atomic E-state index is 0.0736. The first-order valence-corrected chi connectivity index (χ1v) is 12.0. The van der Waals surface area contributed by atoms with E-state index in [1.807, 2.05) is 4.57 Å². The molecule has 0 aliphatic heterocycles. The van der Waals surface area contributed by atoms with Crippen LogP contribution in [0.15, 0.2) is 28.7 Å². The van der Waals surface area contributed by atoms with Gasteiger partial charge in [0, 0.05) is 34.5 Å². The number of nitro groups is 1. The summed E-state index contributed by atoms with van der Waals surface area (Å²) < 4.78 is 2.04. The van der Waals surface area contributed by atoms with Gasteiger partial charge in [0.15, 0.2) is 11.0 Å². The van der Waals surface area contributed by atoms with Gasteiger partial charge in [0.1, 0.15) is 0 Å². The van der Waals surface area contributed by atoms with Gasteiger partial charge in [-0.05, 0) is 31.4 Å². The van der Waals surface area contributed by atoms with E-state index >= 15 is 0 Å². The summed E-state index contributed by atoms with van der Waals surface area (Å²) >= 11 is 9.03. The number of non-ortho nitro benzene ring substituents is 1. The Morgan fingerprint density at radius 3 is 2.81 bits per heavy atom. The molecule has 1 N–H and O–H groups in total. The lowest BCUT2D eigenvalue weighted by atomic mass is 10.1. The average Bonchev–Trinajstić information content (AvgIpc) is 3.30. The molecular weight excluding hydrogens is 458 g/mol. The van der Waals surface area contributed by atoms with Gasteiger partial charge in [-0.2, -0.15) is 0 Å². The molecule has 31 heavy (non-hydrogen) atoms. The van der Waals surface area contributed by atoms with Crippen molar-refractivity contribution in [3.05, 3.63) is 49.2 Å². The Bertz CT molecular complexity index is 1110. The van der Waals surface area contributed by atoms with Crippen LogP contribution in [0.5, 0.6) is 0 Å². The Morgan fingerprint density at radius 2 is 2.13 bits per heavy atom. The standard InChI is InChI=1S/C20H22ClN5O3S2/c1-4-8-25-19(15-10-30-12(3)14(15)5-2)23-24-20(25)31-11-18(27)22-17-9-13(26(28)29)6-7-16(17)21/h6-7,9-10H,4-5,8,11H2,1-3H3,(H,22,27). The fourth-order valence-corrected chi connectivity index (χ4v) is 5.03. The summed E-state index contributed by atoms with van der Waals surface area (Å²) in [7, 11) is 0. The van der Waals surface area contributed by atoms with Crippen molar-refractivity contribution in [1.82, 2.24) is 14.8 Å². The quantitative estimate of drug-likeness (QED) is 0.244. The molecule has 0 aliphatic carbocycles. The molecule has 2 heterocycles. The minimum atomic E-state index is -0.536. The molecule has 1 amide bonds. The highest BCUT2D eigenvalue weighted by Crippen LogP contribution is 2.33. The number of aryl methyl sites for hydroxylation is 1. The maximum Gasteiger partial charge on any atom is 0.271 e. The first kappa shape index (κ1) is 23.2. The number of carbonyl (C=O) groups excluding carboxylic acids is 1. The van der Waals surface area contributed by atoms with Gasteiger partial charge in [-0.1, -0.05) is 37.2 Å². The van der Waals surface area contributed by atoms with Gasteiger partial charge in [-0.25, -0.2) is 0 Å². The van der Waals surface area contributed by atoms with Crippen LogP contribution in [0.2, 0.25) is 5.02 Å². The summed E-state index contributed by atoms with van der Waals surface area (Å²) in [5.41, 5.74) is 2.42. The van der Waals surface area contributed by atoms with Crippen LogP contribution < -0.4 is 5.32 Å². The summed E-state index contributed by atoms with van der Waals surface area (Å²) in [6, 6.07) is 3.92. The number of nitrogens with one attached hydrogen (secondary N) is 1. The number of thiophene rings is 1. The molecule has 0 saturated carbocycles. The topological polar surface area (TPSA) is 103 Å². The van der Waals surface area contributed by atoms with Crippen LogP contribution in [-0.4, -0.2) is 31.3 Å². The second-order valence-electron chi connectivity index (χ2n) is 6.75. The largest absolute Gasteiger partial charge is 0.324 e. The molecule has 0 spiro atoms. The van der Waals surface area contributed by atoms with Crippen molar-refractivity contribution >= 4 is 52.0 Å². The molecule has 11 heteroatoms. The third-order valence-corrected chi connectivity index (χ3v) is 6.88. The van der Waals surface area contributed by atoms with Gasteiger partial charge >= 0.3 is 0 Å². The van der Waals surface area contributed by atoms with Gasteiger partial charge in [0.25, 0.3) is 5.69 Å². The van der Waals surface area contributed by atoms with Crippen LogP contribution in [0.4, 0.5) is 11.4 Å². The van der Waals surface area contributed by atoms with E-state index < -0.39 is 4.92 Å². The Hall–Kier alpha value is -2.43. The molecule has 0 atom stereocenters. The number of hydrogen-bond donors (Lipinski definition) is 1. The normalized spacial score (nSPS) is 11.0. The van der Waals surface area contributed by atoms with Crippen LogP contribution in [0.25, 0.3) is 11.4 Å². The van der Waals surface area contributed by atoms with Crippen molar-refractivity contribution in [3.8, 4) is 11.4 Å². The second kappa shape index (κ2) is 10.3. The number of nitro benzene ring substituents is 1. The molecule has 3 rings (SSSR count). The number of benzene rings is 1. The molecule has 0 unspecified atom stereocenters. The van der Waals surface area contributed by atoms with E-state index in [4.69, 9.17) is 11.6 Å². The number of hydrogen-bond acceptors (Lipinski definition) is 7. The number of aromatic nitrogens is 3. The molecule has 0 saturated heterocycles. The number of amides is 1. The summed E-state index contributed by atoms with van der Waals surface area (Å²) in [6.07, 6.45) is 1.82. The van der Waals surface area contributed by atoms with E-state index in [1.165, 1.54) is 40.4 Å². The first-order valence-electron chi connectivity index (χ1n) is 9.72. The highest BCUT2D eigenvalue weighted by Gasteiger charge is 2.19. The van der Waals surface area contributed by atoms with Crippen LogP contribution >= 0.6 is 34.7 Å². The number of anilines is 1. The zero-order chi connectivity index (χ0) is 22.5. The van der Waals surface area contributed by atoms with Gasteiger partial charge in [-0.15, -0.1) is 21.5 Å². The number of carbonyl (C=O) groups is 1. The predicted molar refractivity (Wildman–Crippen MR) is 125 cm³/mol. The first-order chi connectivity index (χ1) is 14.8. The molecule has 3 aromatic rings. The maximum atomic E-state index is 12.5. The molecule has 0 bridgehead atoms. The summed E-state index contributed by atoms with van der Waals surface area (Å²) in [4.78, 5) is 24.1. The summed E-state index contributed by atoms with van der Waals surface area (Å²) in [6.45, 7) is 7.04. The van der Waals surface area contributed by atoms with Crippen molar-refractivity contribution in [2.45, 2.75) is 45.3 Å². The van der Waals surface area contributed by atoms with Crippen LogP contribution in [0.3, 0.4) is 0 Å². The Labute approximate surface area is 193 Å². The third kappa shape index (κ3) is 5.25. The van der Waals surface area contributed by atoms with Crippen molar-refractivity contribution in [2.24, 2.45) is 0 Å². The fourth-order valence-electron chi connectivity index (χ4n) is 3.17. The number of rotatable bonds is 9. The zero-order valence-electron chi connectivity index (χ0n) is 17.3. The summed E-state index contributed by atoms with van der Waals surface area (Å²) in [5, 5.41) is 25.3.